The second kappa shape index (κ2) is 11.0. The standard InChI is InChI=1S/C21H31F2N2O2S.BrH/c1-3-16(2)7-4-5-12-24-15-21(26,25-13-6-14-28-20(24)25)17-8-10-18(11-9-17)27-19(22)23;/h8-11,16,19,26H,3-7,12-15H2,1-2H3;1H/q+1;/p-1. The van der Waals surface area contributed by atoms with Gasteiger partial charge in [-0.2, -0.15) is 8.78 Å². The average Bonchev–Trinajstić information content (AvgIpc) is 2.98. The minimum Gasteiger partial charge on any atom is -1.00 e. The lowest BCUT2D eigenvalue weighted by atomic mass is 10.0. The number of hydrogen-bond donors (Lipinski definition) is 1. The summed E-state index contributed by atoms with van der Waals surface area (Å²) in [5.74, 6) is 1.93. The fourth-order valence-corrected chi connectivity index (χ4v) is 5.10. The first-order valence-electron chi connectivity index (χ1n) is 10.2. The Hall–Kier alpha value is -0.860. The van der Waals surface area contributed by atoms with Gasteiger partial charge >= 0.3 is 11.8 Å². The summed E-state index contributed by atoms with van der Waals surface area (Å²) in [4.78, 5) is 2.08. The van der Waals surface area contributed by atoms with Crippen LogP contribution in [0.5, 0.6) is 5.75 Å². The third-order valence-corrected chi connectivity index (χ3v) is 6.96. The SMILES string of the molecule is CCC(C)CCCC[N+]1=C2SCCCN2C(O)(c2ccc(OC(F)F)cc2)C1.[Br-]. The van der Waals surface area contributed by atoms with E-state index < -0.39 is 12.3 Å². The number of nitrogens with zero attached hydrogens (tertiary/aromatic N) is 2. The first-order valence-corrected chi connectivity index (χ1v) is 11.2. The molecule has 0 amide bonds. The van der Waals surface area contributed by atoms with E-state index in [1.165, 1.54) is 31.4 Å². The highest BCUT2D eigenvalue weighted by molar-refractivity contribution is 8.13. The number of amidine groups is 1. The molecule has 0 saturated carbocycles. The number of hydrogen-bond acceptors (Lipinski definition) is 4. The molecule has 0 spiro atoms. The molecule has 0 aliphatic carbocycles. The number of β-amino-alcohol motifs (C(OH)–C–C–N with tert-alkyl or cyclic N) is 1. The van der Waals surface area contributed by atoms with Crippen molar-refractivity contribution in [2.45, 2.75) is 58.3 Å². The van der Waals surface area contributed by atoms with Crippen LogP contribution in [0.1, 0.15) is 51.5 Å². The Morgan fingerprint density at radius 3 is 2.66 bits per heavy atom. The monoisotopic (exact) mass is 492 g/mol. The predicted molar refractivity (Wildman–Crippen MR) is 109 cm³/mol. The van der Waals surface area contributed by atoms with Crippen molar-refractivity contribution in [2.75, 3.05) is 25.4 Å². The van der Waals surface area contributed by atoms with Crippen molar-refractivity contribution < 1.29 is 40.2 Å². The van der Waals surface area contributed by atoms with Crippen molar-refractivity contribution in [3.8, 4) is 5.75 Å². The zero-order chi connectivity index (χ0) is 20.1. The summed E-state index contributed by atoms with van der Waals surface area (Å²) in [6.45, 7) is 3.93. The van der Waals surface area contributed by atoms with E-state index in [9.17, 15) is 13.9 Å². The molecule has 1 fully saturated rings. The van der Waals surface area contributed by atoms with E-state index in [0.29, 0.717) is 6.54 Å². The maximum absolute atomic E-state index is 12.4. The minimum atomic E-state index is -2.84. The highest BCUT2D eigenvalue weighted by Crippen LogP contribution is 2.37. The van der Waals surface area contributed by atoms with Gasteiger partial charge in [-0.3, -0.25) is 0 Å². The molecule has 164 valence electrons. The molecule has 2 unspecified atom stereocenters. The van der Waals surface area contributed by atoms with Crippen LogP contribution in [0, 0.1) is 5.92 Å². The van der Waals surface area contributed by atoms with Crippen LogP contribution in [-0.4, -0.2) is 51.7 Å². The van der Waals surface area contributed by atoms with Crippen molar-refractivity contribution in [2.24, 2.45) is 5.92 Å². The normalized spacial score (nSPS) is 22.5. The van der Waals surface area contributed by atoms with Gasteiger partial charge in [0.2, 0.25) is 0 Å². The Balaban J connectivity index is 0.00000300. The smallest absolute Gasteiger partial charge is 0.387 e. The summed E-state index contributed by atoms with van der Waals surface area (Å²) in [5, 5.41) is 12.7. The number of alkyl halides is 2. The molecular weight excluding hydrogens is 462 g/mol. The molecule has 1 saturated heterocycles. The number of halogens is 3. The quantitative estimate of drug-likeness (QED) is 0.418. The second-order valence-corrected chi connectivity index (χ2v) is 8.85. The molecular formula is C21H31BrF2N2O2S. The summed E-state index contributed by atoms with van der Waals surface area (Å²) >= 11 is 1.80. The van der Waals surface area contributed by atoms with E-state index in [-0.39, 0.29) is 22.7 Å². The summed E-state index contributed by atoms with van der Waals surface area (Å²) in [6, 6.07) is 6.40. The van der Waals surface area contributed by atoms with Crippen molar-refractivity contribution >= 4 is 16.9 Å². The topological polar surface area (TPSA) is 35.7 Å². The van der Waals surface area contributed by atoms with Crippen molar-refractivity contribution in [3.63, 3.8) is 0 Å². The number of thioether (sulfide) groups is 1. The fraction of sp³-hybridized carbons (Fsp3) is 0.667. The fourth-order valence-electron chi connectivity index (χ4n) is 3.91. The van der Waals surface area contributed by atoms with Crippen LogP contribution in [0.3, 0.4) is 0 Å². The molecule has 1 N–H and O–H groups in total. The van der Waals surface area contributed by atoms with Gasteiger partial charge in [0.1, 0.15) is 5.75 Å². The molecule has 0 aromatic heterocycles. The van der Waals surface area contributed by atoms with E-state index in [1.807, 2.05) is 0 Å². The Bertz CT molecular complexity index is 690. The lowest BCUT2D eigenvalue weighted by Crippen LogP contribution is -3.00. The maximum atomic E-state index is 12.4. The third-order valence-electron chi connectivity index (χ3n) is 5.73. The molecule has 4 nitrogen and oxygen atoms in total. The molecule has 2 atom stereocenters. The van der Waals surface area contributed by atoms with Gasteiger partial charge in [0.05, 0.1) is 13.1 Å². The zero-order valence-corrected chi connectivity index (χ0v) is 19.5. The Labute approximate surface area is 187 Å². The first-order chi connectivity index (χ1) is 13.4. The van der Waals surface area contributed by atoms with E-state index in [4.69, 9.17) is 0 Å². The van der Waals surface area contributed by atoms with Gasteiger partial charge in [-0.25, -0.2) is 9.48 Å². The average molecular weight is 493 g/mol. The van der Waals surface area contributed by atoms with Crippen LogP contribution in [0.15, 0.2) is 24.3 Å². The molecule has 0 bridgehead atoms. The van der Waals surface area contributed by atoms with E-state index >= 15 is 0 Å². The Morgan fingerprint density at radius 2 is 2.00 bits per heavy atom. The second-order valence-electron chi connectivity index (χ2n) is 7.79. The number of fused-ring (bicyclic) bond motifs is 1. The molecule has 3 rings (SSSR count). The summed E-state index contributed by atoms with van der Waals surface area (Å²) < 4.78 is 31.5. The Kier molecular flexibility index (Phi) is 9.22. The van der Waals surface area contributed by atoms with E-state index in [1.54, 1.807) is 23.9 Å². The molecule has 8 heteroatoms. The predicted octanol–water partition coefficient (Wildman–Crippen LogP) is 1.47. The first kappa shape index (κ1) is 24.4. The number of rotatable bonds is 9. The minimum absolute atomic E-state index is 0. The molecule has 2 aliphatic rings. The van der Waals surface area contributed by atoms with Gasteiger partial charge in [-0.15, -0.1) is 0 Å². The summed E-state index contributed by atoms with van der Waals surface area (Å²) in [7, 11) is 0. The van der Waals surface area contributed by atoms with Crippen LogP contribution >= 0.6 is 11.8 Å². The molecule has 29 heavy (non-hydrogen) atoms. The van der Waals surface area contributed by atoms with Crippen LogP contribution in [0.2, 0.25) is 0 Å². The molecule has 1 aromatic carbocycles. The van der Waals surface area contributed by atoms with Gasteiger partial charge in [-0.05, 0) is 61.2 Å². The molecule has 2 heterocycles. The highest BCUT2D eigenvalue weighted by atomic mass is 79.9. The van der Waals surface area contributed by atoms with Crippen molar-refractivity contribution in [3.05, 3.63) is 29.8 Å². The zero-order valence-electron chi connectivity index (χ0n) is 17.1. The van der Waals surface area contributed by atoms with Gasteiger partial charge in [0.25, 0.3) is 5.72 Å². The van der Waals surface area contributed by atoms with Gasteiger partial charge in [0, 0.05) is 11.3 Å². The number of unbranched alkanes of at least 4 members (excludes halogenated alkanes) is 1. The van der Waals surface area contributed by atoms with Gasteiger partial charge in [0.15, 0.2) is 6.54 Å². The van der Waals surface area contributed by atoms with Crippen LogP contribution in [-0.2, 0) is 5.72 Å². The van der Waals surface area contributed by atoms with Crippen LogP contribution < -0.4 is 21.7 Å². The van der Waals surface area contributed by atoms with Gasteiger partial charge < -0.3 is 26.8 Å². The van der Waals surface area contributed by atoms with E-state index in [2.05, 4.69) is 28.1 Å². The highest BCUT2D eigenvalue weighted by Gasteiger charge is 2.54. The maximum Gasteiger partial charge on any atom is 0.387 e. The summed E-state index contributed by atoms with van der Waals surface area (Å²) in [5.41, 5.74) is -0.403. The lowest BCUT2D eigenvalue weighted by molar-refractivity contribution is -0.532. The number of benzene rings is 1. The number of aliphatic hydroxyl groups is 1. The van der Waals surface area contributed by atoms with Crippen molar-refractivity contribution in [1.82, 2.24) is 4.90 Å². The van der Waals surface area contributed by atoms with Crippen LogP contribution in [0.4, 0.5) is 8.78 Å². The Morgan fingerprint density at radius 1 is 1.28 bits per heavy atom. The summed E-state index contributed by atoms with van der Waals surface area (Å²) in [6.07, 6.45) is 5.79. The molecule has 1 aromatic rings. The third kappa shape index (κ3) is 5.85. The van der Waals surface area contributed by atoms with E-state index in [0.717, 1.165) is 48.3 Å². The van der Waals surface area contributed by atoms with Crippen molar-refractivity contribution in [1.29, 1.82) is 0 Å². The number of ether oxygens (including phenoxy) is 1. The lowest BCUT2D eigenvalue weighted by Gasteiger charge is -2.30. The van der Waals surface area contributed by atoms with Gasteiger partial charge in [-0.1, -0.05) is 26.7 Å². The molecule has 2 aliphatic heterocycles. The largest absolute Gasteiger partial charge is 1.00 e. The van der Waals surface area contributed by atoms with Crippen LogP contribution in [0.25, 0.3) is 0 Å². The molecule has 0 radical (unpaired) electrons.